The number of cyclic esters (lactones) is 1. The number of aromatic amines is 1. The maximum Gasteiger partial charge on any atom is 0.407 e. The van der Waals surface area contributed by atoms with Gasteiger partial charge in [-0.1, -0.05) is 183 Å². The van der Waals surface area contributed by atoms with Crippen LogP contribution in [0.4, 0.5) is 15.3 Å². The van der Waals surface area contributed by atoms with E-state index in [9.17, 15) is 29.1 Å². The van der Waals surface area contributed by atoms with Crippen LogP contribution >= 0.6 is 0 Å². The van der Waals surface area contributed by atoms with Crippen molar-refractivity contribution in [2.75, 3.05) is 31.6 Å². The molecule has 11 aromatic rings. The number of amides is 4. The summed E-state index contributed by atoms with van der Waals surface area (Å²) >= 11 is 0. The average Bonchev–Trinajstić information content (AvgIpc) is 1.60. The summed E-state index contributed by atoms with van der Waals surface area (Å²) in [6.07, 6.45) is 3.08. The van der Waals surface area contributed by atoms with E-state index in [0.29, 0.717) is 66.1 Å². The standard InChI is InChI=1S/C85H82N8O11/c1-4-61-67-46-60(40-41-73(67)90-77-68(61)49-93-76(77)47-71-70(80(93)96)52-102-81(97)84(71,100)5-2)101-44-20-42-86-82(98)103-50-54-34-38-59(39-35-54)89-78(94)74(31-18-19-43-88-85(56-21-8-6-9-22-56,57-23-10-7-11-24-57)58-36-32-53(3)33-37-58)91-79(95)75(45-55-48-87-72-30-17-16-25-62(55)72)92-83(99)104-51-69-65-28-14-12-26-63(65)64-27-13-15-29-66(64)69/h6-17,21-30,32-41,46-48,69,74-75,87-88,100H,4-5,18-20,31,42-45,49-52H2,1-3H3,(H,86,98)(H,89,94)(H,91,95)(H,92,99)/t74-,75-,84-/m0/s1. The van der Waals surface area contributed by atoms with Gasteiger partial charge in [0.1, 0.15) is 37.7 Å². The molecule has 0 saturated carbocycles. The van der Waals surface area contributed by atoms with Gasteiger partial charge in [-0.05, 0) is 150 Å². The number of carbonyl (C=O) groups excluding carboxylic acids is 5. The molecule has 0 radical (unpaired) electrons. The number of anilines is 1. The van der Waals surface area contributed by atoms with Gasteiger partial charge >= 0.3 is 18.2 Å². The Hall–Kier alpha value is -11.7. The van der Waals surface area contributed by atoms with Crippen LogP contribution in [0, 0.1) is 6.92 Å². The number of aryl methyl sites for hydroxylation is 2. The molecule has 14 rings (SSSR count). The molecule has 19 nitrogen and oxygen atoms in total. The Kier molecular flexibility index (Phi) is 20.4. The van der Waals surface area contributed by atoms with Gasteiger partial charge in [-0.3, -0.25) is 19.7 Å². The minimum atomic E-state index is -1.92. The molecular formula is C85H82N8O11. The van der Waals surface area contributed by atoms with Crippen LogP contribution in [0.2, 0.25) is 0 Å². The monoisotopic (exact) mass is 1390 g/mol. The predicted octanol–water partition coefficient (Wildman–Crippen LogP) is 13.5. The summed E-state index contributed by atoms with van der Waals surface area (Å²) in [5.74, 6) is -1.40. The van der Waals surface area contributed by atoms with Crippen molar-refractivity contribution < 1.29 is 48.0 Å². The number of benzene rings is 8. The fourth-order valence-corrected chi connectivity index (χ4v) is 15.0. The number of carbonyl (C=O) groups is 5. The highest BCUT2D eigenvalue weighted by Crippen LogP contribution is 2.46. The molecule has 8 aromatic carbocycles. The van der Waals surface area contributed by atoms with E-state index in [4.69, 9.17) is 23.9 Å². The Labute approximate surface area is 602 Å². The van der Waals surface area contributed by atoms with E-state index in [1.165, 1.54) is 0 Å². The van der Waals surface area contributed by atoms with Gasteiger partial charge in [-0.25, -0.2) is 19.4 Å². The molecule has 0 saturated heterocycles. The van der Waals surface area contributed by atoms with Crippen LogP contribution in [-0.4, -0.2) is 88.0 Å². The highest BCUT2D eigenvalue weighted by Gasteiger charge is 2.46. The average molecular weight is 1390 g/mol. The number of aromatic nitrogens is 3. The van der Waals surface area contributed by atoms with Gasteiger partial charge in [-0.15, -0.1) is 0 Å². The van der Waals surface area contributed by atoms with Gasteiger partial charge in [0.15, 0.2) is 5.60 Å². The molecule has 0 fully saturated rings. The SMILES string of the molecule is CCc1c2c(nc3ccc(OCCCNC(=O)OCc4ccc(NC(=O)[C@H](CCCCNC(c5ccccc5)(c5ccccc5)c5ccc(C)cc5)NC(=O)[C@H](Cc5c[nH]c6ccccc56)NC(=O)OCC5c6ccccc6-c6ccccc65)cc4)cc13)-c1cc3c(c(=O)n1C2)COC(=O)[C@]3(O)CC. The van der Waals surface area contributed by atoms with E-state index >= 15 is 4.79 Å². The lowest BCUT2D eigenvalue weighted by Crippen LogP contribution is -2.53. The van der Waals surface area contributed by atoms with Gasteiger partial charge in [0.25, 0.3) is 5.56 Å². The first-order chi connectivity index (χ1) is 50.7. The fraction of sp³-hybridized carbons (Fsp3) is 0.259. The van der Waals surface area contributed by atoms with E-state index in [1.807, 2.05) is 128 Å². The molecule has 2 aliphatic heterocycles. The fourth-order valence-electron chi connectivity index (χ4n) is 15.0. The number of esters is 1. The molecular weight excluding hydrogens is 1310 g/mol. The Morgan fingerprint density at radius 2 is 1.38 bits per heavy atom. The minimum Gasteiger partial charge on any atom is -0.494 e. The summed E-state index contributed by atoms with van der Waals surface area (Å²) in [6, 6.07) is 65.3. The number of rotatable bonds is 27. The van der Waals surface area contributed by atoms with Crippen molar-refractivity contribution in [2.24, 2.45) is 0 Å². The summed E-state index contributed by atoms with van der Waals surface area (Å²) < 4.78 is 24.7. The number of ether oxygens (including phenoxy) is 4. The number of nitrogens with zero attached hydrogens (tertiary/aromatic N) is 2. The minimum absolute atomic E-state index is 0.0381. The topological polar surface area (TPSA) is 253 Å². The number of H-pyrrole nitrogens is 1. The molecule has 0 bridgehead atoms. The number of unbranched alkanes of at least 4 members (excludes halogenated alkanes) is 1. The highest BCUT2D eigenvalue weighted by molar-refractivity contribution is 5.99. The van der Waals surface area contributed by atoms with E-state index in [-0.39, 0.29) is 81.4 Å². The first kappa shape index (κ1) is 69.4. The first-order valence-electron chi connectivity index (χ1n) is 35.7. The summed E-state index contributed by atoms with van der Waals surface area (Å²) in [6.45, 7) is 6.96. The Balaban J connectivity index is 0.624. The maximum absolute atomic E-state index is 15.1. The summed E-state index contributed by atoms with van der Waals surface area (Å²) in [5.41, 5.74) is 12.8. The van der Waals surface area contributed by atoms with Crippen molar-refractivity contribution in [1.29, 1.82) is 0 Å². The number of hydrogen-bond donors (Lipinski definition) is 7. The van der Waals surface area contributed by atoms with Gasteiger partial charge < -0.3 is 54.9 Å². The van der Waals surface area contributed by atoms with Gasteiger partial charge in [0.05, 0.1) is 41.2 Å². The number of alkyl carbamates (subject to hydrolysis) is 2. The molecule has 3 aromatic heterocycles. The third-order valence-corrected chi connectivity index (χ3v) is 20.5. The smallest absolute Gasteiger partial charge is 0.407 e. The van der Waals surface area contributed by atoms with E-state index < -0.39 is 53.2 Å². The Morgan fingerprint density at radius 3 is 2.09 bits per heavy atom. The van der Waals surface area contributed by atoms with Crippen LogP contribution in [0.1, 0.15) is 119 Å². The number of nitrogens with one attached hydrogen (secondary N) is 6. The second-order valence-corrected chi connectivity index (χ2v) is 26.9. The molecule has 3 aliphatic rings. The largest absolute Gasteiger partial charge is 0.494 e. The van der Waals surface area contributed by atoms with Crippen molar-refractivity contribution in [3.8, 4) is 28.3 Å². The zero-order chi connectivity index (χ0) is 71.9. The Morgan fingerprint density at radius 1 is 0.692 bits per heavy atom. The van der Waals surface area contributed by atoms with Gasteiger partial charge in [0.2, 0.25) is 11.8 Å². The molecule has 5 heterocycles. The maximum atomic E-state index is 15.1. The number of para-hydroxylation sites is 1. The van der Waals surface area contributed by atoms with Crippen molar-refractivity contribution in [1.82, 2.24) is 35.8 Å². The second-order valence-electron chi connectivity index (χ2n) is 26.9. The van der Waals surface area contributed by atoms with E-state index in [0.717, 1.165) is 77.5 Å². The van der Waals surface area contributed by atoms with Crippen LogP contribution in [-0.2, 0) is 72.3 Å². The van der Waals surface area contributed by atoms with Gasteiger partial charge in [-0.2, -0.15) is 0 Å². The normalized spacial score (nSPS) is 14.8. The third kappa shape index (κ3) is 14.1. The summed E-state index contributed by atoms with van der Waals surface area (Å²) in [4.78, 5) is 91.9. The van der Waals surface area contributed by atoms with E-state index in [1.54, 1.807) is 41.8 Å². The highest BCUT2D eigenvalue weighted by atomic mass is 16.6. The first-order valence-corrected chi connectivity index (χ1v) is 35.7. The lowest BCUT2D eigenvalue weighted by Gasteiger charge is -2.37. The van der Waals surface area contributed by atoms with Crippen molar-refractivity contribution in [3.63, 3.8) is 0 Å². The zero-order valence-corrected chi connectivity index (χ0v) is 58.3. The number of hydrogen-bond acceptors (Lipinski definition) is 13. The molecule has 4 amide bonds. The van der Waals surface area contributed by atoms with Crippen LogP contribution in [0.15, 0.2) is 217 Å². The predicted molar refractivity (Wildman–Crippen MR) is 399 cm³/mol. The lowest BCUT2D eigenvalue weighted by molar-refractivity contribution is -0.172. The van der Waals surface area contributed by atoms with Crippen LogP contribution < -0.4 is 36.9 Å². The van der Waals surface area contributed by atoms with Crippen molar-refractivity contribution in [3.05, 3.63) is 290 Å². The number of pyridine rings is 2. The molecule has 3 atom stereocenters. The van der Waals surface area contributed by atoms with Crippen molar-refractivity contribution in [2.45, 2.75) is 115 Å². The van der Waals surface area contributed by atoms with Crippen LogP contribution in [0.3, 0.4) is 0 Å². The quantitative estimate of drug-likeness (QED) is 0.0110. The number of aliphatic hydroxyl groups is 1. The molecule has 7 N–H and O–H groups in total. The molecule has 528 valence electrons. The summed E-state index contributed by atoms with van der Waals surface area (Å²) in [5, 5.41) is 28.9. The molecule has 1 aliphatic carbocycles. The lowest BCUT2D eigenvalue weighted by atomic mass is 9.76. The molecule has 104 heavy (non-hydrogen) atoms. The zero-order valence-electron chi connectivity index (χ0n) is 58.3. The van der Waals surface area contributed by atoms with Crippen LogP contribution in [0.5, 0.6) is 5.75 Å². The van der Waals surface area contributed by atoms with E-state index in [2.05, 4.69) is 99.2 Å². The molecule has 19 heteroatoms. The molecule has 0 unspecified atom stereocenters. The van der Waals surface area contributed by atoms with Crippen LogP contribution in [0.25, 0.3) is 44.3 Å². The van der Waals surface area contributed by atoms with Gasteiger partial charge in [0, 0.05) is 58.2 Å². The molecule has 0 spiro atoms. The summed E-state index contributed by atoms with van der Waals surface area (Å²) in [7, 11) is 0. The Bertz CT molecular complexity index is 4990. The number of fused-ring (bicyclic) bond motifs is 9. The van der Waals surface area contributed by atoms with Crippen molar-refractivity contribution >= 4 is 57.5 Å². The third-order valence-electron chi connectivity index (χ3n) is 20.5. The second kappa shape index (κ2) is 30.5.